The zero-order chi connectivity index (χ0) is 19.6. The number of hydrogen-bond acceptors (Lipinski definition) is 4. The highest BCUT2D eigenvalue weighted by atomic mass is 19.1. The summed E-state index contributed by atoms with van der Waals surface area (Å²) in [6.07, 6.45) is -0.561. The van der Waals surface area contributed by atoms with Crippen LogP contribution in [0.4, 0.5) is 10.1 Å². The number of amides is 2. The minimum Gasteiger partial charge on any atom is -0.478 e. The van der Waals surface area contributed by atoms with E-state index in [4.69, 9.17) is 9.47 Å². The lowest BCUT2D eigenvalue weighted by molar-refractivity contribution is -0.122. The molecule has 7 heteroatoms. The predicted octanol–water partition coefficient (Wildman–Crippen LogP) is 3.00. The Bertz CT molecular complexity index is 782. The fourth-order valence-electron chi connectivity index (χ4n) is 2.38. The van der Waals surface area contributed by atoms with E-state index >= 15 is 0 Å². The van der Waals surface area contributed by atoms with Crippen molar-refractivity contribution in [2.75, 3.05) is 25.6 Å². The molecule has 1 atom stereocenters. The largest absolute Gasteiger partial charge is 0.478 e. The summed E-state index contributed by atoms with van der Waals surface area (Å²) >= 11 is 0. The van der Waals surface area contributed by atoms with Crippen molar-refractivity contribution >= 4 is 17.5 Å². The molecule has 0 aliphatic rings. The highest BCUT2D eigenvalue weighted by Gasteiger charge is 2.22. The van der Waals surface area contributed by atoms with Crippen molar-refractivity contribution in [2.45, 2.75) is 19.4 Å². The molecule has 0 fully saturated rings. The summed E-state index contributed by atoms with van der Waals surface area (Å²) in [6.45, 7) is 2.49. The van der Waals surface area contributed by atoms with E-state index in [9.17, 15) is 14.0 Å². The number of methoxy groups -OCH3 is 1. The average molecular weight is 374 g/mol. The standard InChI is InChI=1S/C20H23FN2O4/c1-3-17(27-18-11-7-5-9-15(18)21)20(25)23-16-10-6-4-8-14(16)19(24)22-12-13-26-2/h4-11,17H,3,12-13H2,1-2H3,(H,22,24)(H,23,25)/t17-/m0/s1. The molecule has 0 aliphatic heterocycles. The van der Waals surface area contributed by atoms with Gasteiger partial charge in [-0.3, -0.25) is 9.59 Å². The second-order valence-corrected chi connectivity index (χ2v) is 5.73. The van der Waals surface area contributed by atoms with E-state index in [1.54, 1.807) is 50.4 Å². The zero-order valence-electron chi connectivity index (χ0n) is 15.3. The van der Waals surface area contributed by atoms with Crippen LogP contribution >= 0.6 is 0 Å². The Morgan fingerprint density at radius 1 is 1.11 bits per heavy atom. The van der Waals surface area contributed by atoms with Gasteiger partial charge in [0.1, 0.15) is 0 Å². The van der Waals surface area contributed by atoms with Gasteiger partial charge in [-0.1, -0.05) is 31.2 Å². The third-order valence-corrected chi connectivity index (χ3v) is 3.79. The van der Waals surface area contributed by atoms with Crippen molar-refractivity contribution < 1.29 is 23.5 Å². The number of benzene rings is 2. The maximum absolute atomic E-state index is 13.8. The quantitative estimate of drug-likeness (QED) is 0.662. The summed E-state index contributed by atoms with van der Waals surface area (Å²) in [5, 5.41) is 5.40. The number of carbonyl (C=O) groups excluding carboxylic acids is 2. The van der Waals surface area contributed by atoms with Crippen molar-refractivity contribution in [1.29, 1.82) is 0 Å². The van der Waals surface area contributed by atoms with Crippen molar-refractivity contribution in [2.24, 2.45) is 0 Å². The van der Waals surface area contributed by atoms with Crippen LogP contribution in [0.15, 0.2) is 48.5 Å². The molecule has 0 radical (unpaired) electrons. The monoisotopic (exact) mass is 374 g/mol. The minimum absolute atomic E-state index is 0.00472. The Morgan fingerprint density at radius 3 is 2.52 bits per heavy atom. The van der Waals surface area contributed by atoms with E-state index in [1.165, 1.54) is 12.1 Å². The summed E-state index contributed by atoms with van der Waals surface area (Å²) in [6, 6.07) is 12.5. The zero-order valence-corrected chi connectivity index (χ0v) is 15.3. The molecule has 0 heterocycles. The SMILES string of the molecule is CC[C@H](Oc1ccccc1F)C(=O)Nc1ccccc1C(=O)NCCOC. The maximum Gasteiger partial charge on any atom is 0.265 e. The first-order valence-corrected chi connectivity index (χ1v) is 8.65. The van der Waals surface area contributed by atoms with Crippen LogP contribution in [0.1, 0.15) is 23.7 Å². The van der Waals surface area contributed by atoms with Gasteiger partial charge in [0.15, 0.2) is 17.7 Å². The summed E-state index contributed by atoms with van der Waals surface area (Å²) < 4.78 is 24.2. The number of anilines is 1. The maximum atomic E-state index is 13.8. The van der Waals surface area contributed by atoms with Gasteiger partial charge in [-0.2, -0.15) is 0 Å². The Balaban J connectivity index is 2.09. The van der Waals surface area contributed by atoms with Crippen LogP contribution in [0.3, 0.4) is 0 Å². The van der Waals surface area contributed by atoms with Crippen molar-refractivity contribution in [1.82, 2.24) is 5.32 Å². The molecular weight excluding hydrogens is 351 g/mol. The van der Waals surface area contributed by atoms with Crippen LogP contribution in [0, 0.1) is 5.82 Å². The Kier molecular flexibility index (Phi) is 7.76. The van der Waals surface area contributed by atoms with Crippen molar-refractivity contribution in [3.05, 3.63) is 59.9 Å². The third-order valence-electron chi connectivity index (χ3n) is 3.79. The first-order valence-electron chi connectivity index (χ1n) is 8.65. The summed E-state index contributed by atoms with van der Waals surface area (Å²) in [7, 11) is 1.54. The lowest BCUT2D eigenvalue weighted by atomic mass is 10.1. The molecule has 6 nitrogen and oxygen atoms in total. The molecule has 2 N–H and O–H groups in total. The molecule has 0 bridgehead atoms. The third kappa shape index (κ3) is 5.79. The summed E-state index contributed by atoms with van der Waals surface area (Å²) in [4.78, 5) is 24.9. The molecule has 2 amide bonds. The number of ether oxygens (including phenoxy) is 2. The smallest absolute Gasteiger partial charge is 0.265 e. The van der Waals surface area contributed by atoms with Gasteiger partial charge in [-0.25, -0.2) is 4.39 Å². The highest BCUT2D eigenvalue weighted by Crippen LogP contribution is 2.20. The predicted molar refractivity (Wildman–Crippen MR) is 100 cm³/mol. The normalized spacial score (nSPS) is 11.5. The number of halogens is 1. The minimum atomic E-state index is -0.897. The van der Waals surface area contributed by atoms with Gasteiger partial charge in [-0.15, -0.1) is 0 Å². The lowest BCUT2D eigenvalue weighted by Gasteiger charge is -2.18. The molecule has 2 rings (SSSR count). The number of nitrogens with one attached hydrogen (secondary N) is 2. The number of para-hydroxylation sites is 2. The molecule has 0 unspecified atom stereocenters. The van der Waals surface area contributed by atoms with E-state index in [-0.39, 0.29) is 11.7 Å². The van der Waals surface area contributed by atoms with Gasteiger partial charge in [-0.05, 0) is 30.7 Å². The lowest BCUT2D eigenvalue weighted by Crippen LogP contribution is -2.34. The fourth-order valence-corrected chi connectivity index (χ4v) is 2.38. The van der Waals surface area contributed by atoms with Gasteiger partial charge in [0.05, 0.1) is 17.9 Å². The molecule has 2 aromatic rings. The Morgan fingerprint density at radius 2 is 1.81 bits per heavy atom. The second-order valence-electron chi connectivity index (χ2n) is 5.73. The van der Waals surface area contributed by atoms with Gasteiger partial charge < -0.3 is 20.1 Å². The Labute approximate surface area is 157 Å². The van der Waals surface area contributed by atoms with Crippen molar-refractivity contribution in [3.63, 3.8) is 0 Å². The molecule has 144 valence electrons. The number of carbonyl (C=O) groups is 2. The molecule has 0 saturated heterocycles. The molecule has 0 aliphatic carbocycles. The van der Waals surface area contributed by atoms with E-state index < -0.39 is 17.8 Å². The van der Waals surface area contributed by atoms with Gasteiger partial charge >= 0.3 is 0 Å². The molecule has 0 spiro atoms. The van der Waals surface area contributed by atoms with E-state index in [0.717, 1.165) is 0 Å². The first kappa shape index (κ1) is 20.4. The fraction of sp³-hybridized carbons (Fsp3) is 0.300. The van der Waals surface area contributed by atoms with E-state index in [2.05, 4.69) is 10.6 Å². The van der Waals surface area contributed by atoms with Gasteiger partial charge in [0.2, 0.25) is 0 Å². The molecule has 2 aromatic carbocycles. The first-order chi connectivity index (χ1) is 13.1. The topological polar surface area (TPSA) is 76.7 Å². The van der Waals surface area contributed by atoms with Gasteiger partial charge in [0.25, 0.3) is 11.8 Å². The highest BCUT2D eigenvalue weighted by molar-refractivity contribution is 6.04. The van der Waals surface area contributed by atoms with Crippen LogP contribution in [-0.2, 0) is 9.53 Å². The van der Waals surface area contributed by atoms with Crippen LogP contribution in [0.2, 0.25) is 0 Å². The average Bonchev–Trinajstić information content (AvgIpc) is 2.67. The molecular formula is C20H23FN2O4. The van der Waals surface area contributed by atoms with Crippen LogP contribution in [0.25, 0.3) is 0 Å². The van der Waals surface area contributed by atoms with Crippen molar-refractivity contribution in [3.8, 4) is 5.75 Å². The molecule has 0 saturated carbocycles. The second kappa shape index (κ2) is 10.3. The summed E-state index contributed by atoms with van der Waals surface area (Å²) in [5.74, 6) is -1.32. The van der Waals surface area contributed by atoms with E-state index in [1.807, 2.05) is 0 Å². The van der Waals surface area contributed by atoms with E-state index in [0.29, 0.717) is 30.8 Å². The van der Waals surface area contributed by atoms with Crippen LogP contribution < -0.4 is 15.4 Å². The molecule has 27 heavy (non-hydrogen) atoms. The van der Waals surface area contributed by atoms with Crippen LogP contribution in [0.5, 0.6) is 5.75 Å². The molecule has 0 aromatic heterocycles. The summed E-state index contributed by atoms with van der Waals surface area (Å²) in [5.41, 5.74) is 0.677. The number of rotatable bonds is 9. The van der Waals surface area contributed by atoms with Gasteiger partial charge in [0, 0.05) is 13.7 Å². The van der Waals surface area contributed by atoms with Crippen LogP contribution in [-0.4, -0.2) is 38.2 Å². The Hall–Kier alpha value is -2.93. The number of hydrogen-bond donors (Lipinski definition) is 2.